The molecule has 222 valence electrons. The van der Waals surface area contributed by atoms with E-state index in [2.05, 4.69) is 26.6 Å². The fourth-order valence-electron chi connectivity index (χ4n) is 3.34. The summed E-state index contributed by atoms with van der Waals surface area (Å²) in [6, 6.07) is 7.16. The van der Waals surface area contributed by atoms with Crippen molar-refractivity contribution < 1.29 is 23.1 Å². The van der Waals surface area contributed by atoms with Crippen molar-refractivity contribution in [2.75, 3.05) is 62.3 Å². The number of anilines is 3. The third-order valence-corrected chi connectivity index (χ3v) is 5.24. The maximum absolute atomic E-state index is 14.6. The number of para-hydroxylation sites is 1. The average molecular weight is 616 g/mol. The van der Waals surface area contributed by atoms with E-state index in [1.165, 1.54) is 24.3 Å². The molecule has 0 fully saturated rings. The fraction of sp³-hybridized carbons (Fsp3) is 0.440. The molecule has 0 saturated heterocycles. The first-order valence-corrected chi connectivity index (χ1v) is 12.1. The number of ether oxygens (including phenoxy) is 1. The maximum Gasteiger partial charge on any atom is 0.340 e. The van der Waals surface area contributed by atoms with Gasteiger partial charge in [0, 0.05) is 6.54 Å². The lowest BCUT2D eigenvalue weighted by molar-refractivity contribution is 0.0601. The number of nitrogens with one attached hydrogen (secondary N) is 5. The molecule has 2 aromatic rings. The summed E-state index contributed by atoms with van der Waals surface area (Å²) in [6.07, 6.45) is 3.85. The highest BCUT2D eigenvalue weighted by Gasteiger charge is 2.18. The van der Waals surface area contributed by atoms with Crippen LogP contribution < -0.4 is 32.3 Å². The van der Waals surface area contributed by atoms with E-state index in [-0.39, 0.29) is 59.8 Å². The molecule has 7 N–H and O–H groups in total. The van der Waals surface area contributed by atoms with Crippen LogP contribution in [0, 0.1) is 11.6 Å². The van der Waals surface area contributed by atoms with Gasteiger partial charge in [-0.1, -0.05) is 12.1 Å². The molecule has 0 unspecified atom stereocenters. The molecule has 39 heavy (non-hydrogen) atoms. The molecule has 0 aromatic heterocycles. The van der Waals surface area contributed by atoms with Crippen molar-refractivity contribution in [3.05, 3.63) is 53.6 Å². The number of urea groups is 1. The predicted molar refractivity (Wildman–Crippen MR) is 160 cm³/mol. The minimum atomic E-state index is -0.819. The predicted octanol–water partition coefficient (Wildman–Crippen LogP) is 4.77. The van der Waals surface area contributed by atoms with Gasteiger partial charge in [-0.15, -0.1) is 37.2 Å². The van der Waals surface area contributed by atoms with Crippen molar-refractivity contribution in [3.8, 4) is 0 Å². The molecule has 0 aliphatic heterocycles. The van der Waals surface area contributed by atoms with Gasteiger partial charge in [0.2, 0.25) is 0 Å². The summed E-state index contributed by atoms with van der Waals surface area (Å²) < 4.78 is 33.1. The number of hydrogen-bond acceptors (Lipinski definition) is 7. The number of rotatable bonds is 16. The molecule has 0 atom stereocenters. The lowest BCUT2D eigenvalue weighted by Gasteiger charge is -2.15. The Morgan fingerprint density at radius 3 is 1.97 bits per heavy atom. The van der Waals surface area contributed by atoms with Crippen LogP contribution in [0.25, 0.3) is 0 Å². The monoisotopic (exact) mass is 614 g/mol. The van der Waals surface area contributed by atoms with E-state index < -0.39 is 23.6 Å². The molecule has 0 saturated carbocycles. The van der Waals surface area contributed by atoms with Gasteiger partial charge in [0.05, 0.1) is 29.7 Å². The highest BCUT2D eigenvalue weighted by Crippen LogP contribution is 2.26. The van der Waals surface area contributed by atoms with Crippen LogP contribution in [-0.4, -0.2) is 58.4 Å². The largest absolute Gasteiger partial charge is 0.465 e. The van der Waals surface area contributed by atoms with Crippen LogP contribution in [0.2, 0.25) is 0 Å². The summed E-state index contributed by atoms with van der Waals surface area (Å²) in [5, 5.41) is 14.5. The Bertz CT molecular complexity index is 992. The lowest BCUT2D eigenvalue weighted by Crippen LogP contribution is -2.23. The Morgan fingerprint density at radius 1 is 0.769 bits per heavy atom. The first-order valence-electron chi connectivity index (χ1n) is 12.1. The molecule has 2 aromatic carbocycles. The summed E-state index contributed by atoms with van der Waals surface area (Å²) in [5.41, 5.74) is 5.39. The minimum absolute atomic E-state index is 0. The molecule has 2 amide bonds. The van der Waals surface area contributed by atoms with Gasteiger partial charge in [0.25, 0.3) is 0 Å². The van der Waals surface area contributed by atoms with Crippen molar-refractivity contribution in [1.82, 2.24) is 10.6 Å². The standard InChI is InChI=1S/C25H36F2N6O3.3ClH/c1-36-24(34)18-16-20(27)23(31-15-7-14-30-12-5-4-11-29-13-6-10-28)17-22(18)33-25(35)32-21-9-3-2-8-19(21)26;;;/h2-3,8-9,16-17,29-31H,4-7,10-15,28H2,1H3,(H2,32,33,35);3*1H. The van der Waals surface area contributed by atoms with E-state index in [1.54, 1.807) is 6.07 Å². The quantitative estimate of drug-likeness (QED) is 0.119. The molecule has 2 rings (SSSR count). The van der Waals surface area contributed by atoms with E-state index in [0.29, 0.717) is 13.1 Å². The van der Waals surface area contributed by atoms with Crippen LogP contribution in [0.5, 0.6) is 0 Å². The van der Waals surface area contributed by atoms with Gasteiger partial charge >= 0.3 is 12.0 Å². The van der Waals surface area contributed by atoms with E-state index in [1.807, 2.05) is 0 Å². The minimum Gasteiger partial charge on any atom is -0.465 e. The summed E-state index contributed by atoms with van der Waals surface area (Å²) in [4.78, 5) is 24.5. The second kappa shape index (κ2) is 22.4. The first-order chi connectivity index (χ1) is 17.5. The number of unbranched alkanes of at least 4 members (excludes halogenated alkanes) is 1. The summed E-state index contributed by atoms with van der Waals surface area (Å²) >= 11 is 0. The van der Waals surface area contributed by atoms with Gasteiger partial charge in [-0.25, -0.2) is 18.4 Å². The van der Waals surface area contributed by atoms with Gasteiger partial charge in [-0.2, -0.15) is 0 Å². The molecule has 0 heterocycles. The molecular formula is C25H39Cl3F2N6O3. The zero-order chi connectivity index (χ0) is 26.2. The van der Waals surface area contributed by atoms with Crippen LogP contribution >= 0.6 is 37.2 Å². The molecule has 0 bridgehead atoms. The lowest BCUT2D eigenvalue weighted by atomic mass is 10.1. The Hall–Kier alpha value is -2.41. The smallest absolute Gasteiger partial charge is 0.340 e. The number of amides is 2. The number of nitrogens with two attached hydrogens (primary N) is 1. The number of methoxy groups -OCH3 is 1. The van der Waals surface area contributed by atoms with Crippen LogP contribution in [0.3, 0.4) is 0 Å². The van der Waals surface area contributed by atoms with Gasteiger partial charge in [0.15, 0.2) is 0 Å². The zero-order valence-corrected chi connectivity index (χ0v) is 24.3. The van der Waals surface area contributed by atoms with Crippen LogP contribution in [0.1, 0.15) is 36.0 Å². The normalized spacial score (nSPS) is 9.85. The molecule has 0 spiro atoms. The van der Waals surface area contributed by atoms with Gasteiger partial charge in [-0.3, -0.25) is 0 Å². The van der Waals surface area contributed by atoms with Gasteiger partial charge in [-0.05, 0) is 82.7 Å². The van der Waals surface area contributed by atoms with E-state index >= 15 is 0 Å². The van der Waals surface area contributed by atoms with Gasteiger partial charge < -0.3 is 37.1 Å². The Labute approximate surface area is 247 Å². The van der Waals surface area contributed by atoms with E-state index in [9.17, 15) is 18.4 Å². The second-order valence-electron chi connectivity index (χ2n) is 8.06. The van der Waals surface area contributed by atoms with E-state index in [4.69, 9.17) is 10.5 Å². The summed E-state index contributed by atoms with van der Waals surface area (Å²) in [5.74, 6) is -2.10. The number of esters is 1. The number of carbonyl (C=O) groups is 2. The first kappa shape index (κ1) is 38.7. The van der Waals surface area contributed by atoms with Crippen LogP contribution in [0.15, 0.2) is 36.4 Å². The third-order valence-electron chi connectivity index (χ3n) is 5.24. The maximum atomic E-state index is 14.6. The topological polar surface area (TPSA) is 130 Å². The molecule has 14 heteroatoms. The van der Waals surface area contributed by atoms with Crippen LogP contribution in [0.4, 0.5) is 30.6 Å². The number of hydrogen-bond donors (Lipinski definition) is 6. The average Bonchev–Trinajstić information content (AvgIpc) is 2.87. The molecule has 0 aliphatic carbocycles. The number of halogens is 5. The molecule has 0 radical (unpaired) electrons. The number of benzene rings is 2. The van der Waals surface area contributed by atoms with Crippen molar-refractivity contribution in [3.63, 3.8) is 0 Å². The summed E-state index contributed by atoms with van der Waals surface area (Å²) in [6.45, 7) is 4.74. The third kappa shape index (κ3) is 14.5. The van der Waals surface area contributed by atoms with E-state index in [0.717, 1.165) is 65.0 Å². The zero-order valence-electron chi connectivity index (χ0n) is 21.8. The Morgan fingerprint density at radius 2 is 1.36 bits per heavy atom. The molecule has 0 aliphatic rings. The SMILES string of the molecule is COC(=O)c1cc(F)c(NCCCNCCCCNCCCN)cc1NC(=O)Nc1ccccc1F.Cl.Cl.Cl. The summed E-state index contributed by atoms with van der Waals surface area (Å²) in [7, 11) is 1.15. The van der Waals surface area contributed by atoms with Crippen LogP contribution in [-0.2, 0) is 4.74 Å². The highest BCUT2D eigenvalue weighted by molar-refractivity contribution is 6.05. The highest BCUT2D eigenvalue weighted by atomic mass is 35.5. The fourth-order valence-corrected chi connectivity index (χ4v) is 3.34. The van der Waals surface area contributed by atoms with Crippen molar-refractivity contribution in [2.24, 2.45) is 5.73 Å². The Kier molecular flexibility index (Phi) is 22.3. The second-order valence-corrected chi connectivity index (χ2v) is 8.06. The van der Waals surface area contributed by atoms with Crippen molar-refractivity contribution in [1.29, 1.82) is 0 Å². The molecule has 9 nitrogen and oxygen atoms in total. The van der Waals surface area contributed by atoms with Gasteiger partial charge in [0.1, 0.15) is 11.6 Å². The molecular weight excluding hydrogens is 577 g/mol. The Balaban J connectivity index is 0. The van der Waals surface area contributed by atoms with Crippen molar-refractivity contribution >= 4 is 66.3 Å². The number of carbonyl (C=O) groups excluding carboxylic acids is 2. The van der Waals surface area contributed by atoms with Crippen molar-refractivity contribution in [2.45, 2.75) is 25.7 Å².